The number of imide groups is 1. The minimum Gasteiger partial charge on any atom is -0.351 e. The zero-order chi connectivity index (χ0) is 18.4. The van der Waals surface area contributed by atoms with Crippen molar-refractivity contribution in [1.29, 1.82) is 0 Å². The highest BCUT2D eigenvalue weighted by Crippen LogP contribution is 2.43. The van der Waals surface area contributed by atoms with E-state index in [2.05, 4.69) is 5.32 Å². The van der Waals surface area contributed by atoms with Gasteiger partial charge in [0.15, 0.2) is 0 Å². The number of amides is 3. The van der Waals surface area contributed by atoms with Crippen molar-refractivity contribution in [2.24, 2.45) is 0 Å². The monoisotopic (exact) mass is 347 g/mol. The topological polar surface area (TPSA) is 69.7 Å². The van der Waals surface area contributed by atoms with Gasteiger partial charge in [0.1, 0.15) is 5.70 Å². The molecule has 1 N–H and O–H groups in total. The Kier molecular flexibility index (Phi) is 3.61. The third kappa shape index (κ3) is 2.23. The summed E-state index contributed by atoms with van der Waals surface area (Å²) in [5.41, 5.74) is 2.53. The van der Waals surface area contributed by atoms with Crippen LogP contribution in [0.1, 0.15) is 11.5 Å². The average Bonchev–Trinajstić information content (AvgIpc) is 3.03. The molecule has 0 aromatic heterocycles. The van der Waals surface area contributed by atoms with Crippen LogP contribution < -0.4 is 10.2 Å². The summed E-state index contributed by atoms with van der Waals surface area (Å²) in [6.07, 6.45) is 0. The molecule has 130 valence electrons. The van der Waals surface area contributed by atoms with E-state index in [4.69, 9.17) is 0 Å². The third-order valence-corrected chi connectivity index (χ3v) is 4.84. The van der Waals surface area contributed by atoms with Gasteiger partial charge in [0.25, 0.3) is 11.8 Å². The number of rotatable bonds is 3. The van der Waals surface area contributed by atoms with Crippen LogP contribution in [0, 0.1) is 0 Å². The molecule has 6 nitrogen and oxygen atoms in total. The van der Waals surface area contributed by atoms with Crippen molar-refractivity contribution in [3.05, 3.63) is 71.4 Å². The molecule has 6 heteroatoms. The molecule has 0 aliphatic carbocycles. The molecular formula is C20H17N3O3. The molecule has 1 atom stereocenters. The molecule has 2 heterocycles. The number of hydrogen-bond donors (Lipinski definition) is 1. The number of para-hydroxylation sites is 2. The molecule has 2 aliphatic rings. The molecule has 0 fully saturated rings. The van der Waals surface area contributed by atoms with Crippen molar-refractivity contribution < 1.29 is 14.4 Å². The highest BCUT2D eigenvalue weighted by Gasteiger charge is 2.47. The van der Waals surface area contributed by atoms with Gasteiger partial charge in [-0.05, 0) is 23.8 Å². The normalized spacial score (nSPS) is 19.5. The summed E-state index contributed by atoms with van der Waals surface area (Å²) >= 11 is 0. The predicted molar refractivity (Wildman–Crippen MR) is 97.5 cm³/mol. The maximum Gasteiger partial charge on any atom is 0.277 e. The molecule has 0 saturated heterocycles. The van der Waals surface area contributed by atoms with E-state index in [-0.39, 0.29) is 17.2 Å². The number of benzene rings is 2. The van der Waals surface area contributed by atoms with Gasteiger partial charge in [-0.2, -0.15) is 0 Å². The van der Waals surface area contributed by atoms with Crippen LogP contribution in [0.4, 0.5) is 11.4 Å². The predicted octanol–water partition coefficient (Wildman–Crippen LogP) is 2.11. The second kappa shape index (κ2) is 5.84. The lowest BCUT2D eigenvalue weighted by molar-refractivity contribution is -0.136. The summed E-state index contributed by atoms with van der Waals surface area (Å²) in [7, 11) is 3.11. The van der Waals surface area contributed by atoms with Crippen LogP contribution in [0.3, 0.4) is 0 Å². The lowest BCUT2D eigenvalue weighted by Crippen LogP contribution is -2.30. The Morgan fingerprint density at radius 1 is 0.808 bits per heavy atom. The van der Waals surface area contributed by atoms with Crippen LogP contribution in [-0.4, -0.2) is 36.7 Å². The zero-order valence-corrected chi connectivity index (χ0v) is 14.4. The van der Waals surface area contributed by atoms with E-state index >= 15 is 0 Å². The minimum atomic E-state index is -0.788. The van der Waals surface area contributed by atoms with Crippen LogP contribution in [0.15, 0.2) is 65.9 Å². The Balaban J connectivity index is 1.87. The molecule has 0 spiro atoms. The summed E-state index contributed by atoms with van der Waals surface area (Å²) in [6, 6.07) is 16.5. The Morgan fingerprint density at radius 2 is 1.46 bits per heavy atom. The van der Waals surface area contributed by atoms with Crippen molar-refractivity contribution >= 4 is 29.1 Å². The average molecular weight is 347 g/mol. The fraction of sp³-hybridized carbons (Fsp3) is 0.150. The SMILES string of the molecule is CN1C(=O)C(Nc2ccccc2)=C(C2C(=O)N(C)c3ccccc32)C1=O. The van der Waals surface area contributed by atoms with Gasteiger partial charge in [-0.25, -0.2) is 0 Å². The fourth-order valence-electron chi connectivity index (χ4n) is 3.48. The molecule has 0 saturated carbocycles. The Bertz CT molecular complexity index is 965. The molecule has 4 rings (SSSR count). The Labute approximate surface area is 150 Å². The quantitative estimate of drug-likeness (QED) is 0.864. The number of carbonyl (C=O) groups excluding carboxylic acids is 3. The maximum absolute atomic E-state index is 12.9. The first-order valence-electron chi connectivity index (χ1n) is 8.26. The van der Waals surface area contributed by atoms with Gasteiger partial charge in [0.05, 0.1) is 11.5 Å². The van der Waals surface area contributed by atoms with Gasteiger partial charge >= 0.3 is 0 Å². The van der Waals surface area contributed by atoms with Gasteiger partial charge in [0.2, 0.25) is 5.91 Å². The third-order valence-electron chi connectivity index (χ3n) is 4.84. The second-order valence-electron chi connectivity index (χ2n) is 6.34. The fourth-order valence-corrected chi connectivity index (χ4v) is 3.48. The van der Waals surface area contributed by atoms with Gasteiger partial charge in [-0.1, -0.05) is 36.4 Å². The summed E-state index contributed by atoms with van der Waals surface area (Å²) < 4.78 is 0. The van der Waals surface area contributed by atoms with E-state index in [1.807, 2.05) is 42.5 Å². The summed E-state index contributed by atoms with van der Waals surface area (Å²) in [4.78, 5) is 40.9. The van der Waals surface area contributed by atoms with Gasteiger partial charge < -0.3 is 10.2 Å². The molecule has 0 bridgehead atoms. The van der Waals surface area contributed by atoms with Crippen molar-refractivity contribution in [3.63, 3.8) is 0 Å². The van der Waals surface area contributed by atoms with Crippen LogP contribution >= 0.6 is 0 Å². The maximum atomic E-state index is 12.9. The van der Waals surface area contributed by atoms with E-state index in [1.54, 1.807) is 19.2 Å². The number of hydrogen-bond acceptors (Lipinski definition) is 4. The van der Waals surface area contributed by atoms with E-state index in [0.29, 0.717) is 5.69 Å². The molecule has 2 aromatic rings. The van der Waals surface area contributed by atoms with Crippen molar-refractivity contribution in [2.45, 2.75) is 5.92 Å². The van der Waals surface area contributed by atoms with Gasteiger partial charge in [-0.15, -0.1) is 0 Å². The van der Waals surface area contributed by atoms with E-state index < -0.39 is 17.7 Å². The zero-order valence-electron chi connectivity index (χ0n) is 14.4. The van der Waals surface area contributed by atoms with Crippen molar-refractivity contribution in [3.8, 4) is 0 Å². The highest BCUT2D eigenvalue weighted by atomic mass is 16.2. The summed E-state index contributed by atoms with van der Waals surface area (Å²) in [6.45, 7) is 0. The number of nitrogens with one attached hydrogen (secondary N) is 1. The molecule has 26 heavy (non-hydrogen) atoms. The van der Waals surface area contributed by atoms with Crippen LogP contribution in [0.5, 0.6) is 0 Å². The number of nitrogens with zero attached hydrogens (tertiary/aromatic N) is 2. The molecule has 2 aromatic carbocycles. The van der Waals surface area contributed by atoms with E-state index in [9.17, 15) is 14.4 Å². The lowest BCUT2D eigenvalue weighted by Gasteiger charge is -2.13. The van der Waals surface area contributed by atoms with E-state index in [1.165, 1.54) is 11.9 Å². The summed E-state index contributed by atoms with van der Waals surface area (Å²) in [5.74, 6) is -1.89. The van der Waals surface area contributed by atoms with Crippen molar-refractivity contribution in [2.75, 3.05) is 24.3 Å². The van der Waals surface area contributed by atoms with Crippen LogP contribution in [0.2, 0.25) is 0 Å². The Morgan fingerprint density at radius 3 is 2.19 bits per heavy atom. The highest BCUT2D eigenvalue weighted by molar-refractivity contribution is 6.25. The molecule has 2 aliphatic heterocycles. The van der Waals surface area contributed by atoms with E-state index in [0.717, 1.165) is 16.2 Å². The molecular weight excluding hydrogens is 330 g/mol. The summed E-state index contributed by atoms with van der Waals surface area (Å²) in [5, 5.41) is 3.04. The van der Waals surface area contributed by atoms with Crippen LogP contribution in [0.25, 0.3) is 0 Å². The standard InChI is InChI=1S/C20H17N3O3/c1-22-14-11-7-6-10-13(14)15(18(22)24)16-17(20(26)23(2)19(16)25)21-12-8-4-3-5-9-12/h3-11,15,21H,1-2H3. The Hall–Kier alpha value is -3.41. The number of fused-ring (bicyclic) bond motifs is 1. The smallest absolute Gasteiger partial charge is 0.277 e. The lowest BCUT2D eigenvalue weighted by atomic mass is 9.91. The second-order valence-corrected chi connectivity index (χ2v) is 6.34. The first-order valence-corrected chi connectivity index (χ1v) is 8.26. The van der Waals surface area contributed by atoms with Gasteiger partial charge in [0, 0.05) is 25.5 Å². The van der Waals surface area contributed by atoms with Crippen LogP contribution in [-0.2, 0) is 14.4 Å². The molecule has 0 radical (unpaired) electrons. The number of anilines is 2. The molecule has 3 amide bonds. The van der Waals surface area contributed by atoms with Crippen molar-refractivity contribution in [1.82, 2.24) is 4.90 Å². The molecule has 1 unspecified atom stereocenters. The largest absolute Gasteiger partial charge is 0.351 e. The minimum absolute atomic E-state index is 0.159. The number of carbonyl (C=O) groups is 3. The number of likely N-dealkylation sites (N-methyl/N-ethyl adjacent to an activating group) is 2. The van der Waals surface area contributed by atoms with Gasteiger partial charge in [-0.3, -0.25) is 19.3 Å². The first-order chi connectivity index (χ1) is 12.5. The first kappa shape index (κ1) is 16.1.